The maximum atomic E-state index is 11.5. The first-order chi connectivity index (χ1) is 7.52. The molecule has 0 fully saturated rings. The van der Waals surface area contributed by atoms with Crippen LogP contribution in [0.15, 0.2) is 0 Å². The molecule has 0 aliphatic rings. The van der Waals surface area contributed by atoms with Gasteiger partial charge in [0.05, 0.1) is 12.6 Å². The van der Waals surface area contributed by atoms with Gasteiger partial charge in [-0.25, -0.2) is 0 Å². The normalized spacial score (nSPS) is 14.2. The highest BCUT2D eigenvalue weighted by Gasteiger charge is 2.19. The highest BCUT2D eigenvalue weighted by Crippen LogP contribution is 2.06. The predicted molar refractivity (Wildman–Crippen MR) is 64.8 cm³/mol. The van der Waals surface area contributed by atoms with Gasteiger partial charge in [0.1, 0.15) is 0 Å². The van der Waals surface area contributed by atoms with Crippen LogP contribution in [0.25, 0.3) is 0 Å². The number of nitrogens with one attached hydrogen (secondary N) is 2. The molecule has 3 N–H and O–H groups in total. The zero-order valence-corrected chi connectivity index (χ0v) is 10.3. The maximum absolute atomic E-state index is 11.5. The largest absolute Gasteiger partial charge is 0.396 e. The van der Waals surface area contributed by atoms with Crippen molar-refractivity contribution < 1.29 is 9.90 Å². The number of amides is 1. The summed E-state index contributed by atoms with van der Waals surface area (Å²) in [5.74, 6) is 2.62. The number of carbonyl (C=O) groups is 1. The van der Waals surface area contributed by atoms with Crippen molar-refractivity contribution in [3.8, 4) is 12.3 Å². The van der Waals surface area contributed by atoms with Crippen molar-refractivity contribution in [3.63, 3.8) is 0 Å². The summed E-state index contributed by atoms with van der Waals surface area (Å²) < 4.78 is 0. The van der Waals surface area contributed by atoms with Crippen molar-refractivity contribution in [1.82, 2.24) is 10.6 Å². The van der Waals surface area contributed by atoms with E-state index in [4.69, 9.17) is 11.5 Å². The molecule has 0 heterocycles. The molecule has 0 bridgehead atoms. The molecule has 1 amide bonds. The molecule has 0 saturated heterocycles. The summed E-state index contributed by atoms with van der Waals surface area (Å²) in [4.78, 5) is 11.5. The summed E-state index contributed by atoms with van der Waals surface area (Å²) in [6.07, 6.45) is 5.70. The Bertz CT molecular complexity index is 246. The molecular weight excluding hydrogens is 204 g/mol. The highest BCUT2D eigenvalue weighted by atomic mass is 16.3. The second kappa shape index (κ2) is 8.14. The predicted octanol–water partition coefficient (Wildman–Crippen LogP) is 0.121. The van der Waals surface area contributed by atoms with Crippen molar-refractivity contribution in [2.24, 2.45) is 5.92 Å². The number of rotatable bonds is 7. The minimum absolute atomic E-state index is 0.110. The first kappa shape index (κ1) is 14.9. The van der Waals surface area contributed by atoms with Gasteiger partial charge in [-0.3, -0.25) is 4.79 Å². The Balaban J connectivity index is 4.13. The van der Waals surface area contributed by atoms with E-state index in [1.54, 1.807) is 6.92 Å². The molecule has 0 radical (unpaired) electrons. The van der Waals surface area contributed by atoms with Crippen LogP contribution in [0.5, 0.6) is 0 Å². The van der Waals surface area contributed by atoms with Crippen LogP contribution < -0.4 is 10.6 Å². The average molecular weight is 226 g/mol. The summed E-state index contributed by atoms with van der Waals surface area (Å²) in [6, 6.07) is -0.163. The highest BCUT2D eigenvalue weighted by molar-refractivity contribution is 5.81. The van der Waals surface area contributed by atoms with Crippen LogP contribution in [0.1, 0.15) is 27.2 Å². The lowest BCUT2D eigenvalue weighted by atomic mass is 10.0. The van der Waals surface area contributed by atoms with Gasteiger partial charge < -0.3 is 15.7 Å². The Morgan fingerprint density at radius 3 is 2.50 bits per heavy atom. The van der Waals surface area contributed by atoms with Gasteiger partial charge in [-0.2, -0.15) is 0 Å². The third kappa shape index (κ3) is 5.74. The molecule has 4 nitrogen and oxygen atoms in total. The number of hydrogen-bond acceptors (Lipinski definition) is 3. The molecular formula is C12H22N2O2. The fourth-order valence-electron chi connectivity index (χ4n) is 1.44. The molecule has 0 spiro atoms. The Hall–Kier alpha value is -1.05. The topological polar surface area (TPSA) is 61.4 Å². The van der Waals surface area contributed by atoms with Gasteiger partial charge >= 0.3 is 0 Å². The molecule has 0 aliphatic heterocycles. The van der Waals surface area contributed by atoms with Crippen LogP contribution in [0, 0.1) is 18.3 Å². The van der Waals surface area contributed by atoms with E-state index in [-0.39, 0.29) is 31.1 Å². The fourth-order valence-corrected chi connectivity index (χ4v) is 1.44. The van der Waals surface area contributed by atoms with E-state index in [2.05, 4.69) is 30.4 Å². The third-order valence-electron chi connectivity index (χ3n) is 2.47. The molecule has 0 aliphatic carbocycles. The molecule has 16 heavy (non-hydrogen) atoms. The minimum atomic E-state index is -0.299. The average Bonchev–Trinajstić information content (AvgIpc) is 2.24. The molecule has 2 atom stereocenters. The van der Waals surface area contributed by atoms with Crippen LogP contribution >= 0.6 is 0 Å². The molecule has 4 heteroatoms. The second-order valence-electron chi connectivity index (χ2n) is 4.17. The van der Waals surface area contributed by atoms with Gasteiger partial charge in [0.15, 0.2) is 0 Å². The standard InChI is InChI=1S/C12H22N2O2/c1-5-7-13-12(16)10(4)14-11(6-8-15)9(2)3/h1,9-11,14-15H,6-8H2,2-4H3,(H,13,16). The van der Waals surface area contributed by atoms with E-state index in [9.17, 15) is 4.79 Å². The smallest absolute Gasteiger partial charge is 0.237 e. The summed E-state index contributed by atoms with van der Waals surface area (Å²) in [5, 5.41) is 14.7. The van der Waals surface area contributed by atoms with Crippen LogP contribution in [-0.4, -0.2) is 36.2 Å². The molecule has 2 unspecified atom stereocenters. The van der Waals surface area contributed by atoms with E-state index in [0.29, 0.717) is 12.3 Å². The van der Waals surface area contributed by atoms with Crippen molar-refractivity contribution in [1.29, 1.82) is 0 Å². The van der Waals surface area contributed by atoms with Crippen molar-refractivity contribution >= 4 is 5.91 Å². The quantitative estimate of drug-likeness (QED) is 0.540. The van der Waals surface area contributed by atoms with Gasteiger partial charge in [-0.15, -0.1) is 6.42 Å². The van der Waals surface area contributed by atoms with E-state index in [1.165, 1.54) is 0 Å². The first-order valence-electron chi connectivity index (χ1n) is 5.61. The van der Waals surface area contributed by atoms with Crippen molar-refractivity contribution in [2.45, 2.75) is 39.3 Å². The molecule has 92 valence electrons. The zero-order valence-electron chi connectivity index (χ0n) is 10.3. The van der Waals surface area contributed by atoms with E-state index in [0.717, 1.165) is 0 Å². The Morgan fingerprint density at radius 1 is 1.44 bits per heavy atom. The summed E-state index contributed by atoms with van der Waals surface area (Å²) in [6.45, 7) is 6.27. The number of hydrogen-bond donors (Lipinski definition) is 3. The Morgan fingerprint density at radius 2 is 2.06 bits per heavy atom. The van der Waals surface area contributed by atoms with E-state index in [1.807, 2.05) is 0 Å². The van der Waals surface area contributed by atoms with Crippen LogP contribution in [0.3, 0.4) is 0 Å². The Labute approximate surface area is 97.8 Å². The molecule has 0 aromatic carbocycles. The molecule has 0 saturated carbocycles. The van der Waals surface area contributed by atoms with Gasteiger partial charge in [-0.1, -0.05) is 19.8 Å². The number of carbonyl (C=O) groups excluding carboxylic acids is 1. The van der Waals surface area contributed by atoms with Crippen LogP contribution in [-0.2, 0) is 4.79 Å². The third-order valence-corrected chi connectivity index (χ3v) is 2.47. The zero-order chi connectivity index (χ0) is 12.6. The van der Waals surface area contributed by atoms with Gasteiger partial charge in [0, 0.05) is 12.6 Å². The van der Waals surface area contributed by atoms with Crippen molar-refractivity contribution in [2.75, 3.05) is 13.2 Å². The van der Waals surface area contributed by atoms with E-state index >= 15 is 0 Å². The molecule has 0 aromatic heterocycles. The fraction of sp³-hybridized carbons (Fsp3) is 0.750. The monoisotopic (exact) mass is 226 g/mol. The van der Waals surface area contributed by atoms with Crippen LogP contribution in [0.2, 0.25) is 0 Å². The lowest BCUT2D eigenvalue weighted by Gasteiger charge is -2.25. The first-order valence-corrected chi connectivity index (χ1v) is 5.61. The minimum Gasteiger partial charge on any atom is -0.396 e. The Kier molecular flexibility index (Phi) is 7.61. The lowest BCUT2D eigenvalue weighted by Crippen LogP contribution is -2.48. The lowest BCUT2D eigenvalue weighted by molar-refractivity contribution is -0.122. The second-order valence-corrected chi connectivity index (χ2v) is 4.17. The van der Waals surface area contributed by atoms with E-state index < -0.39 is 0 Å². The molecule has 0 aromatic rings. The van der Waals surface area contributed by atoms with Crippen molar-refractivity contribution in [3.05, 3.63) is 0 Å². The van der Waals surface area contributed by atoms with Gasteiger partial charge in [-0.05, 0) is 19.3 Å². The molecule has 0 rings (SSSR count). The van der Waals surface area contributed by atoms with Gasteiger partial charge in [0.2, 0.25) is 5.91 Å². The summed E-state index contributed by atoms with van der Waals surface area (Å²) in [5.41, 5.74) is 0. The van der Waals surface area contributed by atoms with Crippen LogP contribution in [0.4, 0.5) is 0 Å². The SMILES string of the molecule is C#CCNC(=O)C(C)NC(CCO)C(C)C. The van der Waals surface area contributed by atoms with Gasteiger partial charge in [0.25, 0.3) is 0 Å². The summed E-state index contributed by atoms with van der Waals surface area (Å²) in [7, 11) is 0. The number of aliphatic hydroxyl groups excluding tert-OH is 1. The summed E-state index contributed by atoms with van der Waals surface area (Å²) >= 11 is 0. The number of aliphatic hydroxyl groups is 1. The maximum Gasteiger partial charge on any atom is 0.237 e. The number of terminal acetylenes is 1.